The number of ether oxygens (including phenoxy) is 1. The number of hydrogen-bond donors (Lipinski definition) is 1. The lowest BCUT2D eigenvalue weighted by Crippen LogP contribution is -2.12. The van der Waals surface area contributed by atoms with Crippen LogP contribution < -0.4 is 10.1 Å². The summed E-state index contributed by atoms with van der Waals surface area (Å²) < 4.78 is 5.68. The summed E-state index contributed by atoms with van der Waals surface area (Å²) in [5.41, 5.74) is 2.97. The zero-order valence-corrected chi connectivity index (χ0v) is 12.0. The molecule has 0 saturated carbocycles. The highest BCUT2D eigenvalue weighted by molar-refractivity contribution is 6.29. The van der Waals surface area contributed by atoms with Gasteiger partial charge >= 0.3 is 0 Å². The molecule has 0 atom stereocenters. The number of amides is 1. The summed E-state index contributed by atoms with van der Waals surface area (Å²) in [6.45, 7) is 2.53. The van der Waals surface area contributed by atoms with E-state index in [1.165, 1.54) is 5.56 Å². The van der Waals surface area contributed by atoms with Crippen LogP contribution in [-0.2, 0) is 11.4 Å². The third-order valence-electron chi connectivity index (χ3n) is 2.79. The number of carbonyl (C=O) groups is 1. The second-order valence-electron chi connectivity index (χ2n) is 4.48. The van der Waals surface area contributed by atoms with Crippen molar-refractivity contribution in [2.45, 2.75) is 13.5 Å². The molecule has 0 fully saturated rings. The fraction of sp³-hybridized carbons (Fsp3) is 0.188. The summed E-state index contributed by atoms with van der Waals surface area (Å²) in [5, 5.41) is 2.69. The van der Waals surface area contributed by atoms with Crippen molar-refractivity contribution in [1.82, 2.24) is 0 Å². The van der Waals surface area contributed by atoms with Gasteiger partial charge in [-0.1, -0.05) is 29.8 Å². The molecule has 0 heterocycles. The third kappa shape index (κ3) is 4.28. The lowest BCUT2D eigenvalue weighted by atomic mass is 10.2. The Bertz CT molecular complexity index is 564. The van der Waals surface area contributed by atoms with E-state index in [-0.39, 0.29) is 11.8 Å². The van der Waals surface area contributed by atoms with E-state index in [0.717, 1.165) is 17.0 Å². The van der Waals surface area contributed by atoms with Gasteiger partial charge in [0.2, 0.25) is 5.91 Å². The first-order valence-electron chi connectivity index (χ1n) is 6.31. The second kappa shape index (κ2) is 6.96. The fourth-order valence-electron chi connectivity index (χ4n) is 1.68. The summed E-state index contributed by atoms with van der Waals surface area (Å²) in [4.78, 5) is 11.1. The molecule has 2 aromatic carbocycles. The molecule has 0 radical (unpaired) electrons. The van der Waals surface area contributed by atoms with Crippen LogP contribution in [0.3, 0.4) is 0 Å². The Morgan fingerprint density at radius 1 is 1.10 bits per heavy atom. The van der Waals surface area contributed by atoms with Crippen LogP contribution in [0.2, 0.25) is 0 Å². The Balaban J connectivity index is 1.90. The zero-order chi connectivity index (χ0) is 14.4. The van der Waals surface area contributed by atoms with Gasteiger partial charge in [-0.2, -0.15) is 0 Å². The molecule has 2 rings (SSSR count). The van der Waals surface area contributed by atoms with Gasteiger partial charge in [0, 0.05) is 5.69 Å². The highest BCUT2D eigenvalue weighted by Crippen LogP contribution is 2.15. The van der Waals surface area contributed by atoms with Crippen LogP contribution in [0, 0.1) is 6.92 Å². The SMILES string of the molecule is Cc1ccc(OCc2ccc(NC(=O)CCl)cc2)cc1. The molecule has 0 saturated heterocycles. The highest BCUT2D eigenvalue weighted by atomic mass is 35.5. The number of halogens is 1. The summed E-state index contributed by atoms with van der Waals surface area (Å²) in [6.07, 6.45) is 0. The Kier molecular flexibility index (Phi) is 5.02. The number of carbonyl (C=O) groups excluding carboxylic acids is 1. The first kappa shape index (κ1) is 14.4. The van der Waals surface area contributed by atoms with Crippen LogP contribution in [0.15, 0.2) is 48.5 Å². The largest absolute Gasteiger partial charge is 0.489 e. The minimum Gasteiger partial charge on any atom is -0.489 e. The van der Waals surface area contributed by atoms with Crippen molar-refractivity contribution in [2.75, 3.05) is 11.2 Å². The summed E-state index contributed by atoms with van der Waals surface area (Å²) >= 11 is 5.43. The van der Waals surface area contributed by atoms with E-state index in [1.807, 2.05) is 55.5 Å². The van der Waals surface area contributed by atoms with Crippen molar-refractivity contribution in [2.24, 2.45) is 0 Å². The Morgan fingerprint density at radius 3 is 2.35 bits per heavy atom. The number of hydrogen-bond acceptors (Lipinski definition) is 2. The molecule has 3 nitrogen and oxygen atoms in total. The van der Waals surface area contributed by atoms with E-state index in [2.05, 4.69) is 5.32 Å². The van der Waals surface area contributed by atoms with Crippen LogP contribution in [0.25, 0.3) is 0 Å². The predicted octanol–water partition coefficient (Wildman–Crippen LogP) is 3.75. The van der Waals surface area contributed by atoms with Gasteiger partial charge in [-0.3, -0.25) is 4.79 Å². The number of aryl methyl sites for hydroxylation is 1. The lowest BCUT2D eigenvalue weighted by Gasteiger charge is -2.08. The van der Waals surface area contributed by atoms with Gasteiger partial charge in [0.1, 0.15) is 18.2 Å². The van der Waals surface area contributed by atoms with Crippen LogP contribution in [-0.4, -0.2) is 11.8 Å². The van der Waals surface area contributed by atoms with E-state index in [4.69, 9.17) is 16.3 Å². The van der Waals surface area contributed by atoms with Gasteiger partial charge in [0.25, 0.3) is 0 Å². The zero-order valence-electron chi connectivity index (χ0n) is 11.2. The maximum absolute atomic E-state index is 11.1. The molecule has 2 aromatic rings. The lowest BCUT2D eigenvalue weighted by molar-refractivity contribution is -0.113. The molecule has 0 unspecified atom stereocenters. The van der Waals surface area contributed by atoms with Gasteiger partial charge in [0.05, 0.1) is 0 Å². The van der Waals surface area contributed by atoms with Crippen molar-refractivity contribution in [3.05, 3.63) is 59.7 Å². The molecule has 104 valence electrons. The molecule has 0 aliphatic carbocycles. The summed E-state index contributed by atoms with van der Waals surface area (Å²) in [7, 11) is 0. The van der Waals surface area contributed by atoms with E-state index >= 15 is 0 Å². The van der Waals surface area contributed by atoms with Crippen molar-refractivity contribution < 1.29 is 9.53 Å². The maximum Gasteiger partial charge on any atom is 0.239 e. The minimum absolute atomic E-state index is 0.0434. The van der Waals surface area contributed by atoms with Gasteiger partial charge in [-0.25, -0.2) is 0 Å². The summed E-state index contributed by atoms with van der Waals surface area (Å²) in [5.74, 6) is 0.587. The average Bonchev–Trinajstić information content (AvgIpc) is 2.48. The smallest absolute Gasteiger partial charge is 0.239 e. The Morgan fingerprint density at radius 2 is 1.75 bits per heavy atom. The predicted molar refractivity (Wildman–Crippen MR) is 81.3 cm³/mol. The third-order valence-corrected chi connectivity index (χ3v) is 3.03. The monoisotopic (exact) mass is 289 g/mol. The minimum atomic E-state index is -0.213. The normalized spacial score (nSPS) is 10.1. The molecule has 0 aromatic heterocycles. The Labute approximate surface area is 123 Å². The highest BCUT2D eigenvalue weighted by Gasteiger charge is 2.00. The van der Waals surface area contributed by atoms with Gasteiger partial charge in [-0.15, -0.1) is 11.6 Å². The molecular formula is C16H16ClNO2. The number of anilines is 1. The number of benzene rings is 2. The molecule has 1 amide bonds. The number of nitrogens with one attached hydrogen (secondary N) is 1. The van der Waals surface area contributed by atoms with Crippen LogP contribution in [0.4, 0.5) is 5.69 Å². The van der Waals surface area contributed by atoms with Crippen LogP contribution >= 0.6 is 11.6 Å². The molecule has 4 heteroatoms. The molecule has 0 spiro atoms. The molecule has 20 heavy (non-hydrogen) atoms. The van der Waals surface area contributed by atoms with Crippen LogP contribution in [0.5, 0.6) is 5.75 Å². The van der Waals surface area contributed by atoms with E-state index in [0.29, 0.717) is 6.61 Å². The van der Waals surface area contributed by atoms with Crippen molar-refractivity contribution in [3.8, 4) is 5.75 Å². The van der Waals surface area contributed by atoms with E-state index < -0.39 is 0 Å². The van der Waals surface area contributed by atoms with E-state index in [9.17, 15) is 4.79 Å². The quantitative estimate of drug-likeness (QED) is 0.851. The maximum atomic E-state index is 11.1. The first-order chi connectivity index (χ1) is 9.67. The van der Waals surface area contributed by atoms with Crippen molar-refractivity contribution in [1.29, 1.82) is 0 Å². The van der Waals surface area contributed by atoms with Crippen molar-refractivity contribution >= 4 is 23.2 Å². The number of alkyl halides is 1. The van der Waals surface area contributed by atoms with Gasteiger partial charge in [0.15, 0.2) is 0 Å². The second-order valence-corrected chi connectivity index (χ2v) is 4.75. The van der Waals surface area contributed by atoms with E-state index in [1.54, 1.807) is 0 Å². The Hall–Kier alpha value is -2.00. The van der Waals surface area contributed by atoms with Gasteiger partial charge in [-0.05, 0) is 36.8 Å². The topological polar surface area (TPSA) is 38.3 Å². The molecule has 0 bridgehead atoms. The first-order valence-corrected chi connectivity index (χ1v) is 6.85. The summed E-state index contributed by atoms with van der Waals surface area (Å²) in [6, 6.07) is 15.4. The molecule has 0 aliphatic rings. The average molecular weight is 290 g/mol. The van der Waals surface area contributed by atoms with Crippen molar-refractivity contribution in [3.63, 3.8) is 0 Å². The number of rotatable bonds is 5. The molecular weight excluding hydrogens is 274 g/mol. The molecule has 0 aliphatic heterocycles. The standard InChI is InChI=1S/C16H16ClNO2/c1-12-2-8-15(9-3-12)20-11-13-4-6-14(7-5-13)18-16(19)10-17/h2-9H,10-11H2,1H3,(H,18,19). The van der Waals surface area contributed by atoms with Gasteiger partial charge < -0.3 is 10.1 Å². The van der Waals surface area contributed by atoms with Crippen LogP contribution in [0.1, 0.15) is 11.1 Å². The molecule has 1 N–H and O–H groups in total. The fourth-order valence-corrected chi connectivity index (χ4v) is 1.75.